The number of nitrogens with one attached hydrogen (secondary N) is 1. The predicted molar refractivity (Wildman–Crippen MR) is 81.3 cm³/mol. The van der Waals surface area contributed by atoms with E-state index in [1.165, 1.54) is 7.11 Å². The van der Waals surface area contributed by atoms with Crippen molar-refractivity contribution in [2.45, 2.75) is 32.4 Å². The number of unbranched alkanes of at least 4 members (excludes halogenated alkanes) is 1. The van der Waals surface area contributed by atoms with Crippen LogP contribution in [0, 0.1) is 0 Å². The molecule has 0 radical (unpaired) electrons. The largest absolute Gasteiger partial charge is 0.464 e. The van der Waals surface area contributed by atoms with E-state index in [1.807, 2.05) is 37.3 Å². The van der Waals surface area contributed by atoms with Crippen LogP contribution in [0.4, 0.5) is 4.79 Å². The minimum Gasteiger partial charge on any atom is -0.464 e. The molecule has 6 nitrogen and oxygen atoms in total. The number of alkyl carbamates (subject to hydrolysis) is 1. The third kappa shape index (κ3) is 7.08. The predicted octanol–water partition coefficient (Wildman–Crippen LogP) is 2.27. The number of benzene rings is 1. The average Bonchev–Trinajstić information content (AvgIpc) is 2.53. The van der Waals surface area contributed by atoms with Crippen LogP contribution in [0.5, 0.6) is 0 Å². The number of carbonyl (C=O) groups excluding carboxylic acids is 2. The molecule has 1 unspecified atom stereocenters. The van der Waals surface area contributed by atoms with Gasteiger partial charge in [-0.3, -0.25) is 0 Å². The van der Waals surface area contributed by atoms with Crippen molar-refractivity contribution in [1.29, 1.82) is 0 Å². The first-order valence-electron chi connectivity index (χ1n) is 7.30. The van der Waals surface area contributed by atoms with Crippen LogP contribution < -0.4 is 5.32 Å². The van der Waals surface area contributed by atoms with Gasteiger partial charge in [-0.15, -0.1) is 0 Å². The van der Waals surface area contributed by atoms with Crippen molar-refractivity contribution in [3.8, 4) is 0 Å². The highest BCUT2D eigenvalue weighted by molar-refractivity contribution is 5.81. The lowest BCUT2D eigenvalue weighted by atomic mass is 10.2. The van der Waals surface area contributed by atoms with Crippen LogP contribution in [0.2, 0.25) is 0 Å². The number of rotatable bonds is 9. The minimum absolute atomic E-state index is 0.0331. The Kier molecular flexibility index (Phi) is 8.67. The van der Waals surface area contributed by atoms with Gasteiger partial charge in [0, 0.05) is 7.11 Å². The topological polar surface area (TPSA) is 73.9 Å². The number of hydrogen-bond acceptors (Lipinski definition) is 5. The number of methoxy groups -OCH3 is 1. The third-order valence-electron chi connectivity index (χ3n) is 2.86. The fourth-order valence-corrected chi connectivity index (χ4v) is 1.66. The van der Waals surface area contributed by atoms with Gasteiger partial charge in [-0.05, 0) is 12.0 Å². The summed E-state index contributed by atoms with van der Waals surface area (Å²) < 4.78 is 15.1. The van der Waals surface area contributed by atoms with Crippen LogP contribution in [-0.2, 0) is 25.6 Å². The zero-order valence-corrected chi connectivity index (χ0v) is 13.0. The lowest BCUT2D eigenvalue weighted by Crippen LogP contribution is -2.45. The smallest absolute Gasteiger partial charge is 0.408 e. The Labute approximate surface area is 130 Å². The molecule has 1 atom stereocenters. The van der Waals surface area contributed by atoms with E-state index in [0.717, 1.165) is 18.4 Å². The van der Waals surface area contributed by atoms with Gasteiger partial charge in [0.1, 0.15) is 6.61 Å². The number of carbonyl (C=O) groups is 2. The van der Waals surface area contributed by atoms with Crippen molar-refractivity contribution in [3.63, 3.8) is 0 Å². The Hall–Kier alpha value is -2.08. The Morgan fingerprint density at radius 2 is 1.91 bits per heavy atom. The van der Waals surface area contributed by atoms with E-state index in [4.69, 9.17) is 14.2 Å². The highest BCUT2D eigenvalue weighted by Crippen LogP contribution is 2.01. The lowest BCUT2D eigenvalue weighted by Gasteiger charge is -2.16. The molecule has 1 amide bonds. The van der Waals surface area contributed by atoms with E-state index in [9.17, 15) is 9.59 Å². The van der Waals surface area contributed by atoms with E-state index >= 15 is 0 Å². The Morgan fingerprint density at radius 1 is 1.18 bits per heavy atom. The standard InChI is InChI=1S/C16H23NO5/c1-3-4-10-21-15(18)14(12-20-2)17-16(19)22-11-13-8-6-5-7-9-13/h5-9,14H,3-4,10-12H2,1-2H3,(H,17,19). The van der Waals surface area contributed by atoms with Gasteiger partial charge in [-0.2, -0.15) is 0 Å². The molecule has 1 aromatic rings. The second-order valence-electron chi connectivity index (χ2n) is 4.74. The Bertz CT molecular complexity index is 449. The quantitative estimate of drug-likeness (QED) is 0.559. The van der Waals surface area contributed by atoms with E-state index in [1.54, 1.807) is 0 Å². The van der Waals surface area contributed by atoms with Gasteiger partial charge in [-0.25, -0.2) is 9.59 Å². The summed E-state index contributed by atoms with van der Waals surface area (Å²) in [6.45, 7) is 2.50. The van der Waals surface area contributed by atoms with Crippen molar-refractivity contribution < 1.29 is 23.8 Å². The van der Waals surface area contributed by atoms with Crippen molar-refractivity contribution >= 4 is 12.1 Å². The molecule has 0 aliphatic heterocycles. The monoisotopic (exact) mass is 309 g/mol. The zero-order chi connectivity index (χ0) is 16.2. The minimum atomic E-state index is -0.870. The first-order chi connectivity index (χ1) is 10.7. The highest BCUT2D eigenvalue weighted by atomic mass is 16.6. The van der Waals surface area contributed by atoms with Gasteiger partial charge in [0.2, 0.25) is 0 Å². The molecule has 1 N–H and O–H groups in total. The molecule has 22 heavy (non-hydrogen) atoms. The molecule has 0 saturated heterocycles. The Balaban J connectivity index is 2.40. The molecule has 0 saturated carbocycles. The third-order valence-corrected chi connectivity index (χ3v) is 2.86. The molecule has 6 heteroatoms. The maximum Gasteiger partial charge on any atom is 0.408 e. The molecule has 0 bridgehead atoms. The SMILES string of the molecule is CCCCOC(=O)C(COC)NC(=O)OCc1ccccc1. The van der Waals surface area contributed by atoms with Gasteiger partial charge in [0.15, 0.2) is 6.04 Å². The maximum absolute atomic E-state index is 11.8. The molecule has 0 heterocycles. The first-order valence-corrected chi connectivity index (χ1v) is 7.30. The van der Waals surface area contributed by atoms with Gasteiger partial charge < -0.3 is 19.5 Å². The molecule has 0 aromatic heterocycles. The second kappa shape index (κ2) is 10.6. The summed E-state index contributed by atoms with van der Waals surface area (Å²) in [5.74, 6) is -0.521. The van der Waals surface area contributed by atoms with Gasteiger partial charge in [0.25, 0.3) is 0 Å². The number of ether oxygens (including phenoxy) is 3. The van der Waals surface area contributed by atoms with Crippen LogP contribution >= 0.6 is 0 Å². The van der Waals surface area contributed by atoms with Gasteiger partial charge >= 0.3 is 12.1 Å². The first kappa shape index (κ1) is 18.0. The molecular formula is C16H23NO5. The number of esters is 1. The lowest BCUT2D eigenvalue weighted by molar-refractivity contribution is -0.147. The summed E-state index contributed by atoms with van der Waals surface area (Å²) >= 11 is 0. The fourth-order valence-electron chi connectivity index (χ4n) is 1.66. The summed E-state index contributed by atoms with van der Waals surface area (Å²) in [6.07, 6.45) is 1.02. The number of hydrogen-bond donors (Lipinski definition) is 1. The van der Waals surface area contributed by atoms with Crippen molar-refractivity contribution in [2.75, 3.05) is 20.3 Å². The molecule has 1 rings (SSSR count). The summed E-state index contributed by atoms with van der Waals surface area (Å²) in [5, 5.41) is 2.45. The van der Waals surface area contributed by atoms with Gasteiger partial charge in [-0.1, -0.05) is 43.7 Å². The van der Waals surface area contributed by atoms with Crippen molar-refractivity contribution in [1.82, 2.24) is 5.32 Å². The fraction of sp³-hybridized carbons (Fsp3) is 0.500. The van der Waals surface area contributed by atoms with Crippen molar-refractivity contribution in [3.05, 3.63) is 35.9 Å². The van der Waals surface area contributed by atoms with Crippen LogP contribution in [0.25, 0.3) is 0 Å². The van der Waals surface area contributed by atoms with Crippen LogP contribution in [0.1, 0.15) is 25.3 Å². The van der Waals surface area contributed by atoms with E-state index in [-0.39, 0.29) is 13.2 Å². The number of amides is 1. The molecule has 0 aliphatic rings. The summed E-state index contributed by atoms with van der Waals surface area (Å²) in [6, 6.07) is 8.41. The van der Waals surface area contributed by atoms with Crippen LogP contribution in [0.15, 0.2) is 30.3 Å². The summed E-state index contributed by atoms with van der Waals surface area (Å²) in [4.78, 5) is 23.6. The van der Waals surface area contributed by atoms with E-state index in [0.29, 0.717) is 6.61 Å². The normalized spacial score (nSPS) is 11.5. The zero-order valence-electron chi connectivity index (χ0n) is 13.0. The molecule has 0 aliphatic carbocycles. The van der Waals surface area contributed by atoms with Crippen molar-refractivity contribution in [2.24, 2.45) is 0 Å². The molecule has 0 spiro atoms. The Morgan fingerprint density at radius 3 is 2.55 bits per heavy atom. The van der Waals surface area contributed by atoms with E-state index < -0.39 is 18.1 Å². The average molecular weight is 309 g/mol. The van der Waals surface area contributed by atoms with Crippen LogP contribution in [0.3, 0.4) is 0 Å². The summed E-state index contributed by atoms with van der Waals surface area (Å²) in [7, 11) is 1.45. The van der Waals surface area contributed by atoms with Crippen LogP contribution in [-0.4, -0.2) is 38.4 Å². The molecule has 1 aromatic carbocycles. The van der Waals surface area contributed by atoms with E-state index in [2.05, 4.69) is 5.32 Å². The van der Waals surface area contributed by atoms with Gasteiger partial charge in [0.05, 0.1) is 13.2 Å². The molecule has 0 fully saturated rings. The highest BCUT2D eigenvalue weighted by Gasteiger charge is 2.22. The second-order valence-corrected chi connectivity index (χ2v) is 4.74. The molecular weight excluding hydrogens is 286 g/mol. The molecule has 122 valence electrons. The maximum atomic E-state index is 11.8. The summed E-state index contributed by atoms with van der Waals surface area (Å²) in [5.41, 5.74) is 0.867.